The molecule has 1 aromatic heterocycles. The molecule has 0 saturated carbocycles. The molecule has 1 aliphatic heterocycles. The fourth-order valence-corrected chi connectivity index (χ4v) is 2.14. The molecule has 6 nitrogen and oxygen atoms in total. The molecular formula is C11H17N4O2. The highest BCUT2D eigenvalue weighted by Crippen LogP contribution is 2.16. The Bertz CT molecular complexity index is 531. The largest absolute Gasteiger partial charge is 0.356 e. The van der Waals surface area contributed by atoms with Gasteiger partial charge in [-0.25, -0.2) is 4.79 Å². The highest BCUT2D eigenvalue weighted by molar-refractivity contribution is 5.39. The summed E-state index contributed by atoms with van der Waals surface area (Å²) >= 11 is 0. The quantitative estimate of drug-likeness (QED) is 0.688. The van der Waals surface area contributed by atoms with Crippen LogP contribution in [0.3, 0.4) is 0 Å². The van der Waals surface area contributed by atoms with E-state index in [1.165, 1.54) is 17.7 Å². The van der Waals surface area contributed by atoms with Gasteiger partial charge in [-0.2, -0.15) is 0 Å². The van der Waals surface area contributed by atoms with Gasteiger partial charge in [0.15, 0.2) is 0 Å². The smallest absolute Gasteiger partial charge is 0.332 e. The van der Waals surface area contributed by atoms with Gasteiger partial charge in [0.1, 0.15) is 5.82 Å². The van der Waals surface area contributed by atoms with E-state index in [0.717, 1.165) is 24.0 Å². The minimum atomic E-state index is -0.411. The minimum absolute atomic E-state index is 0.0860. The zero-order valence-electron chi connectivity index (χ0n) is 9.93. The second kappa shape index (κ2) is 4.37. The lowest BCUT2D eigenvalue weighted by Gasteiger charge is -2.33. The van der Waals surface area contributed by atoms with E-state index in [9.17, 15) is 9.59 Å². The summed E-state index contributed by atoms with van der Waals surface area (Å²) < 4.78 is 2.29. The summed E-state index contributed by atoms with van der Waals surface area (Å²) in [5.41, 5.74) is 5.16. The van der Waals surface area contributed by atoms with Gasteiger partial charge in [0.2, 0.25) is 0 Å². The van der Waals surface area contributed by atoms with E-state index in [1.807, 2.05) is 4.90 Å². The Morgan fingerprint density at radius 1 is 1.47 bits per heavy atom. The third-order valence-corrected chi connectivity index (χ3v) is 3.16. The first-order chi connectivity index (χ1) is 8.00. The number of aromatic nitrogens is 2. The van der Waals surface area contributed by atoms with E-state index < -0.39 is 5.69 Å². The van der Waals surface area contributed by atoms with Crippen molar-refractivity contribution in [3.05, 3.63) is 34.0 Å². The first-order valence-electron chi connectivity index (χ1n) is 5.65. The van der Waals surface area contributed by atoms with Crippen LogP contribution in [0.1, 0.15) is 12.8 Å². The summed E-state index contributed by atoms with van der Waals surface area (Å²) in [6, 6.07) is 1.52. The third-order valence-electron chi connectivity index (χ3n) is 3.16. The predicted octanol–water partition coefficient (Wildman–Crippen LogP) is -0.886. The van der Waals surface area contributed by atoms with Gasteiger partial charge in [-0.3, -0.25) is 13.9 Å². The van der Waals surface area contributed by atoms with Gasteiger partial charge in [-0.1, -0.05) is 0 Å². The van der Waals surface area contributed by atoms with Crippen molar-refractivity contribution in [2.75, 3.05) is 18.0 Å². The van der Waals surface area contributed by atoms with Crippen molar-refractivity contribution < 1.29 is 0 Å². The third kappa shape index (κ3) is 2.12. The Labute approximate surface area is 99.3 Å². The lowest BCUT2D eigenvalue weighted by atomic mass is 10.1. The lowest BCUT2D eigenvalue weighted by molar-refractivity contribution is 0.498. The zero-order valence-corrected chi connectivity index (χ0v) is 9.93. The van der Waals surface area contributed by atoms with E-state index in [1.54, 1.807) is 0 Å². The maximum Gasteiger partial charge on any atom is 0.332 e. The van der Waals surface area contributed by atoms with Crippen LogP contribution in [0.15, 0.2) is 15.7 Å². The van der Waals surface area contributed by atoms with Crippen LogP contribution >= 0.6 is 0 Å². The fourth-order valence-electron chi connectivity index (χ4n) is 2.14. The zero-order chi connectivity index (χ0) is 12.6. The van der Waals surface area contributed by atoms with Crippen molar-refractivity contribution in [3.8, 4) is 0 Å². The molecule has 93 valence electrons. The topological polar surface area (TPSA) is 73.3 Å². The Morgan fingerprint density at radius 3 is 2.82 bits per heavy atom. The van der Waals surface area contributed by atoms with Crippen molar-refractivity contribution in [1.82, 2.24) is 9.13 Å². The van der Waals surface area contributed by atoms with Crippen LogP contribution in [-0.2, 0) is 7.05 Å². The predicted molar refractivity (Wildman–Crippen MR) is 66.1 cm³/mol. The van der Waals surface area contributed by atoms with Crippen molar-refractivity contribution in [2.24, 2.45) is 12.8 Å². The van der Waals surface area contributed by atoms with Crippen LogP contribution in [0.25, 0.3) is 0 Å². The molecule has 0 unspecified atom stereocenters. The Kier molecular flexibility index (Phi) is 3.06. The van der Waals surface area contributed by atoms with Crippen molar-refractivity contribution in [3.63, 3.8) is 0 Å². The first kappa shape index (κ1) is 11.9. The molecule has 0 amide bonds. The van der Waals surface area contributed by atoms with Crippen LogP contribution in [0, 0.1) is 7.05 Å². The number of rotatable bonds is 1. The molecule has 1 radical (unpaired) electrons. The van der Waals surface area contributed by atoms with Gasteiger partial charge in [0.25, 0.3) is 5.56 Å². The van der Waals surface area contributed by atoms with E-state index >= 15 is 0 Å². The number of nitrogens with zero attached hydrogens (tertiary/aromatic N) is 3. The standard InChI is InChI=1S/C11H17N4O2/c1-13-9(6-10(16)14(2)11(13)17)15-5-3-4-8(12)7-15/h6,8H,1,3-5,7,12H2,2H3/t8-/m1/s1. The highest BCUT2D eigenvalue weighted by Gasteiger charge is 2.20. The van der Waals surface area contributed by atoms with Gasteiger partial charge in [0, 0.05) is 39.3 Å². The average Bonchev–Trinajstić information content (AvgIpc) is 2.31. The maximum atomic E-state index is 11.7. The molecule has 1 aliphatic rings. The van der Waals surface area contributed by atoms with Crippen LogP contribution in [0.5, 0.6) is 0 Å². The summed E-state index contributed by atoms with van der Waals surface area (Å²) in [4.78, 5) is 25.3. The second-order valence-electron chi connectivity index (χ2n) is 4.46. The van der Waals surface area contributed by atoms with Crippen LogP contribution < -0.4 is 21.9 Å². The highest BCUT2D eigenvalue weighted by atomic mass is 16.2. The summed E-state index contributed by atoms with van der Waals surface area (Å²) in [6.07, 6.45) is 1.94. The summed E-state index contributed by atoms with van der Waals surface area (Å²) in [5, 5.41) is 0. The van der Waals surface area contributed by atoms with E-state index in [2.05, 4.69) is 7.05 Å². The monoisotopic (exact) mass is 237 g/mol. The SMILES string of the molecule is [CH2]n1c(N2CCC[C@@H](N)C2)cc(=O)n(C)c1=O. The number of hydrogen-bond donors (Lipinski definition) is 1. The van der Waals surface area contributed by atoms with Crippen molar-refractivity contribution >= 4 is 5.82 Å². The average molecular weight is 237 g/mol. The molecule has 1 fully saturated rings. The molecule has 17 heavy (non-hydrogen) atoms. The molecule has 0 aliphatic carbocycles. The molecule has 0 spiro atoms. The molecule has 0 bridgehead atoms. The van der Waals surface area contributed by atoms with Crippen LogP contribution in [0.2, 0.25) is 0 Å². The lowest BCUT2D eigenvalue weighted by Crippen LogP contribution is -2.46. The maximum absolute atomic E-state index is 11.7. The van der Waals surface area contributed by atoms with E-state index in [-0.39, 0.29) is 11.6 Å². The molecule has 2 N–H and O–H groups in total. The van der Waals surface area contributed by atoms with Crippen molar-refractivity contribution in [2.45, 2.75) is 18.9 Å². The molecule has 6 heteroatoms. The first-order valence-corrected chi connectivity index (χ1v) is 5.65. The van der Waals surface area contributed by atoms with Crippen molar-refractivity contribution in [1.29, 1.82) is 0 Å². The van der Waals surface area contributed by atoms with Crippen LogP contribution in [-0.4, -0.2) is 28.3 Å². The summed E-state index contributed by atoms with van der Waals surface area (Å²) in [6.45, 7) is 1.46. The van der Waals surface area contributed by atoms with E-state index in [4.69, 9.17) is 5.73 Å². The van der Waals surface area contributed by atoms with Gasteiger partial charge >= 0.3 is 5.69 Å². The normalized spacial score (nSPS) is 20.6. The Morgan fingerprint density at radius 2 is 2.18 bits per heavy atom. The Balaban J connectivity index is 2.45. The Hall–Kier alpha value is -1.56. The van der Waals surface area contributed by atoms with Gasteiger partial charge < -0.3 is 10.6 Å². The minimum Gasteiger partial charge on any atom is -0.356 e. The number of piperidine rings is 1. The van der Waals surface area contributed by atoms with E-state index in [0.29, 0.717) is 12.4 Å². The number of nitrogens with two attached hydrogens (primary N) is 1. The molecule has 2 heterocycles. The number of hydrogen-bond acceptors (Lipinski definition) is 4. The summed E-state index contributed by atoms with van der Waals surface area (Å²) in [7, 11) is 5.13. The molecule has 1 aromatic rings. The molecule has 2 rings (SSSR count). The summed E-state index contributed by atoms with van der Waals surface area (Å²) in [5.74, 6) is 0.549. The van der Waals surface area contributed by atoms with Gasteiger partial charge in [-0.05, 0) is 12.8 Å². The second-order valence-corrected chi connectivity index (χ2v) is 4.46. The molecule has 0 aromatic carbocycles. The fraction of sp³-hybridized carbons (Fsp3) is 0.545. The number of anilines is 1. The van der Waals surface area contributed by atoms with Gasteiger partial charge in [-0.15, -0.1) is 0 Å². The molecule has 1 atom stereocenters. The van der Waals surface area contributed by atoms with Crippen LogP contribution in [0.4, 0.5) is 5.82 Å². The molecule has 1 saturated heterocycles. The van der Waals surface area contributed by atoms with Gasteiger partial charge in [0.05, 0.1) is 0 Å². The molecular weight excluding hydrogens is 220 g/mol.